The lowest BCUT2D eigenvalue weighted by Crippen LogP contribution is -2.32. The predicted molar refractivity (Wildman–Crippen MR) is 111 cm³/mol. The lowest BCUT2D eigenvalue weighted by Gasteiger charge is -2.22. The predicted octanol–water partition coefficient (Wildman–Crippen LogP) is 3.28. The largest absolute Gasteiger partial charge is 0.376 e. The van der Waals surface area contributed by atoms with Gasteiger partial charge in [0.05, 0.1) is 6.10 Å². The van der Waals surface area contributed by atoms with Crippen LogP contribution in [0.25, 0.3) is 0 Å². The average Bonchev–Trinajstić information content (AvgIpc) is 3.23. The van der Waals surface area contributed by atoms with Gasteiger partial charge in [0.25, 0.3) is 5.91 Å². The number of carbonyl (C=O) groups excluding carboxylic acids is 1. The zero-order valence-corrected chi connectivity index (χ0v) is 16.9. The van der Waals surface area contributed by atoms with Gasteiger partial charge in [-0.3, -0.25) is 4.79 Å². The topological polar surface area (TPSA) is 79.4 Å². The molecule has 3 rings (SSSR count). The molecule has 1 aromatic heterocycles. The van der Waals surface area contributed by atoms with Crippen molar-refractivity contribution in [3.63, 3.8) is 0 Å². The molecule has 1 aliphatic rings. The molecule has 0 bridgehead atoms. The number of hydrogen-bond donors (Lipinski definition) is 2. The highest BCUT2D eigenvalue weighted by molar-refractivity contribution is 5.92. The van der Waals surface area contributed by atoms with Crippen LogP contribution in [-0.4, -0.2) is 48.2 Å². The molecule has 2 aromatic rings. The summed E-state index contributed by atoms with van der Waals surface area (Å²) in [6, 6.07) is 7.87. The molecule has 1 amide bonds. The van der Waals surface area contributed by atoms with Gasteiger partial charge in [0.1, 0.15) is 5.69 Å². The Bertz CT molecular complexity index is 801. The lowest BCUT2D eigenvalue weighted by molar-refractivity contribution is 0.0853. The summed E-state index contributed by atoms with van der Waals surface area (Å²) in [4.78, 5) is 23.3. The van der Waals surface area contributed by atoms with E-state index in [1.165, 1.54) is 5.69 Å². The van der Waals surface area contributed by atoms with Crippen molar-refractivity contribution in [3.05, 3.63) is 41.7 Å². The number of nitrogens with zero attached hydrogens (tertiary/aromatic N) is 3. The molecule has 1 saturated heterocycles. The second kappa shape index (κ2) is 9.50. The number of aromatic nitrogens is 2. The van der Waals surface area contributed by atoms with Gasteiger partial charge < -0.3 is 20.3 Å². The van der Waals surface area contributed by atoms with Crippen molar-refractivity contribution in [2.45, 2.75) is 39.7 Å². The molecular weight excluding hydrogens is 354 g/mol. The van der Waals surface area contributed by atoms with Gasteiger partial charge in [0.15, 0.2) is 0 Å². The summed E-state index contributed by atoms with van der Waals surface area (Å²) >= 11 is 0. The monoisotopic (exact) mass is 383 g/mol. The molecule has 1 unspecified atom stereocenters. The van der Waals surface area contributed by atoms with Gasteiger partial charge in [0.2, 0.25) is 5.95 Å². The highest BCUT2D eigenvalue weighted by Crippen LogP contribution is 2.24. The number of rotatable bonds is 8. The molecule has 150 valence electrons. The zero-order chi connectivity index (χ0) is 19.9. The fraction of sp³-hybridized carbons (Fsp3) is 0.476. The molecule has 7 heteroatoms. The van der Waals surface area contributed by atoms with Gasteiger partial charge in [-0.25, -0.2) is 9.97 Å². The van der Waals surface area contributed by atoms with Crippen molar-refractivity contribution >= 4 is 23.2 Å². The van der Waals surface area contributed by atoms with Crippen molar-refractivity contribution in [2.24, 2.45) is 0 Å². The van der Waals surface area contributed by atoms with Crippen LogP contribution in [0.1, 0.15) is 42.7 Å². The van der Waals surface area contributed by atoms with E-state index >= 15 is 0 Å². The van der Waals surface area contributed by atoms with E-state index in [1.807, 2.05) is 13.0 Å². The molecule has 2 N–H and O–H groups in total. The number of ether oxygens (including phenoxy) is 1. The fourth-order valence-corrected chi connectivity index (χ4v) is 3.34. The van der Waals surface area contributed by atoms with Gasteiger partial charge in [-0.15, -0.1) is 0 Å². The second-order valence-electron chi connectivity index (χ2n) is 6.91. The summed E-state index contributed by atoms with van der Waals surface area (Å²) in [5, 5.41) is 6.11. The van der Waals surface area contributed by atoms with E-state index < -0.39 is 0 Å². The highest BCUT2D eigenvalue weighted by Gasteiger charge is 2.17. The van der Waals surface area contributed by atoms with Crippen LogP contribution in [0, 0.1) is 6.92 Å². The van der Waals surface area contributed by atoms with E-state index in [0.717, 1.165) is 43.8 Å². The fourth-order valence-electron chi connectivity index (χ4n) is 3.34. The van der Waals surface area contributed by atoms with Crippen LogP contribution in [-0.2, 0) is 4.74 Å². The van der Waals surface area contributed by atoms with Crippen LogP contribution in [0.3, 0.4) is 0 Å². The summed E-state index contributed by atoms with van der Waals surface area (Å²) < 4.78 is 5.53. The third-order valence-electron chi connectivity index (χ3n) is 4.99. The van der Waals surface area contributed by atoms with Gasteiger partial charge in [-0.1, -0.05) is 0 Å². The van der Waals surface area contributed by atoms with E-state index in [9.17, 15) is 4.79 Å². The molecular formula is C21H29N5O2. The number of nitrogens with one attached hydrogen (secondary N) is 2. The van der Waals surface area contributed by atoms with E-state index in [1.54, 1.807) is 12.3 Å². The molecule has 0 spiro atoms. The summed E-state index contributed by atoms with van der Waals surface area (Å²) in [5.41, 5.74) is 3.55. The van der Waals surface area contributed by atoms with E-state index in [4.69, 9.17) is 4.74 Å². The van der Waals surface area contributed by atoms with Crippen LogP contribution >= 0.6 is 0 Å². The van der Waals surface area contributed by atoms with Crippen molar-refractivity contribution in [2.75, 3.05) is 36.5 Å². The molecule has 7 nitrogen and oxygen atoms in total. The summed E-state index contributed by atoms with van der Waals surface area (Å²) in [5.74, 6) is 0.193. The molecule has 0 aliphatic carbocycles. The first-order valence-electron chi connectivity index (χ1n) is 9.96. The van der Waals surface area contributed by atoms with E-state index in [-0.39, 0.29) is 12.0 Å². The van der Waals surface area contributed by atoms with Crippen LogP contribution in [0.5, 0.6) is 0 Å². The first-order chi connectivity index (χ1) is 13.6. The Balaban J connectivity index is 1.66. The Kier molecular flexibility index (Phi) is 6.81. The normalized spacial score (nSPS) is 16.0. The van der Waals surface area contributed by atoms with Crippen molar-refractivity contribution in [1.29, 1.82) is 0 Å². The van der Waals surface area contributed by atoms with Gasteiger partial charge in [-0.05, 0) is 63.4 Å². The lowest BCUT2D eigenvalue weighted by atomic mass is 10.1. The minimum absolute atomic E-state index is 0.107. The SMILES string of the molecule is CCN(CC)c1ccc(Nc2nccc(C(=O)NCC3CCCO3)n2)c(C)c1. The van der Waals surface area contributed by atoms with Crippen LogP contribution < -0.4 is 15.5 Å². The van der Waals surface area contributed by atoms with E-state index in [2.05, 4.69) is 51.5 Å². The molecule has 1 fully saturated rings. The third-order valence-corrected chi connectivity index (χ3v) is 4.99. The average molecular weight is 383 g/mol. The minimum Gasteiger partial charge on any atom is -0.376 e. The van der Waals surface area contributed by atoms with Crippen LogP contribution in [0.15, 0.2) is 30.5 Å². The molecule has 0 radical (unpaired) electrons. The van der Waals surface area contributed by atoms with E-state index in [0.29, 0.717) is 18.2 Å². The van der Waals surface area contributed by atoms with Crippen LogP contribution in [0.2, 0.25) is 0 Å². The Morgan fingerprint density at radius 1 is 1.29 bits per heavy atom. The van der Waals surface area contributed by atoms with Gasteiger partial charge in [0, 0.05) is 43.8 Å². The molecule has 1 aromatic carbocycles. The number of hydrogen-bond acceptors (Lipinski definition) is 6. The standard InChI is InChI=1S/C21H29N5O2/c1-4-26(5-2)16-8-9-18(15(3)13-16)24-21-22-11-10-19(25-21)20(27)23-14-17-7-6-12-28-17/h8-11,13,17H,4-7,12,14H2,1-3H3,(H,23,27)(H,22,24,25). The Morgan fingerprint density at radius 2 is 2.11 bits per heavy atom. The first kappa shape index (κ1) is 20.1. The number of aryl methyl sites for hydroxylation is 1. The quantitative estimate of drug-likeness (QED) is 0.728. The van der Waals surface area contributed by atoms with Crippen molar-refractivity contribution in [3.8, 4) is 0 Å². The summed E-state index contributed by atoms with van der Waals surface area (Å²) in [7, 11) is 0. The second-order valence-corrected chi connectivity index (χ2v) is 6.91. The molecule has 2 heterocycles. The molecule has 1 aliphatic heterocycles. The Hall–Kier alpha value is -2.67. The summed E-state index contributed by atoms with van der Waals surface area (Å²) in [6.07, 6.45) is 3.74. The smallest absolute Gasteiger partial charge is 0.270 e. The minimum atomic E-state index is -0.213. The molecule has 0 saturated carbocycles. The zero-order valence-electron chi connectivity index (χ0n) is 16.9. The van der Waals surface area contributed by atoms with Crippen molar-refractivity contribution in [1.82, 2.24) is 15.3 Å². The first-order valence-corrected chi connectivity index (χ1v) is 9.96. The number of carbonyl (C=O) groups is 1. The maximum absolute atomic E-state index is 12.4. The number of benzene rings is 1. The molecule has 28 heavy (non-hydrogen) atoms. The number of anilines is 3. The van der Waals surface area contributed by atoms with Crippen LogP contribution in [0.4, 0.5) is 17.3 Å². The van der Waals surface area contributed by atoms with Gasteiger partial charge in [-0.2, -0.15) is 0 Å². The number of amides is 1. The summed E-state index contributed by atoms with van der Waals surface area (Å²) in [6.45, 7) is 9.56. The highest BCUT2D eigenvalue weighted by atomic mass is 16.5. The Morgan fingerprint density at radius 3 is 2.79 bits per heavy atom. The van der Waals surface area contributed by atoms with Gasteiger partial charge >= 0.3 is 0 Å². The maximum atomic E-state index is 12.4. The Labute approximate surface area is 166 Å². The third kappa shape index (κ3) is 4.98. The van der Waals surface area contributed by atoms with Crippen molar-refractivity contribution < 1.29 is 9.53 Å². The maximum Gasteiger partial charge on any atom is 0.270 e. The molecule has 1 atom stereocenters.